The van der Waals surface area contributed by atoms with Crippen LogP contribution in [0, 0.1) is 18.3 Å². The van der Waals surface area contributed by atoms with Gasteiger partial charge in [0.05, 0.1) is 0 Å². The second kappa shape index (κ2) is 6.05. The molecular formula is C10H17NO. The van der Waals surface area contributed by atoms with Gasteiger partial charge in [0.1, 0.15) is 6.61 Å². The van der Waals surface area contributed by atoms with Gasteiger partial charge in [-0.1, -0.05) is 5.92 Å². The molecule has 0 spiro atoms. The van der Waals surface area contributed by atoms with E-state index in [0.29, 0.717) is 6.61 Å². The lowest BCUT2D eigenvalue weighted by atomic mass is 9.97. The molecule has 1 atom stereocenters. The van der Waals surface area contributed by atoms with E-state index in [1.54, 1.807) is 0 Å². The molecular weight excluding hydrogens is 150 g/mol. The van der Waals surface area contributed by atoms with Crippen LogP contribution in [0.5, 0.6) is 0 Å². The molecule has 0 radical (unpaired) electrons. The van der Waals surface area contributed by atoms with Crippen LogP contribution in [0.25, 0.3) is 0 Å². The van der Waals surface area contributed by atoms with E-state index in [1.165, 1.54) is 19.4 Å². The lowest BCUT2D eigenvalue weighted by molar-refractivity contribution is 0.143. The van der Waals surface area contributed by atoms with E-state index in [0.717, 1.165) is 25.5 Å². The Kier molecular flexibility index (Phi) is 4.82. The first-order valence-electron chi connectivity index (χ1n) is 4.65. The van der Waals surface area contributed by atoms with Gasteiger partial charge in [-0.25, -0.2) is 0 Å². The normalized spacial score (nSPS) is 23.4. The zero-order valence-electron chi connectivity index (χ0n) is 7.51. The van der Waals surface area contributed by atoms with E-state index in [4.69, 9.17) is 11.2 Å². The van der Waals surface area contributed by atoms with Crippen LogP contribution in [-0.2, 0) is 4.74 Å². The van der Waals surface area contributed by atoms with Gasteiger partial charge in [-0.2, -0.15) is 0 Å². The third-order valence-corrected chi connectivity index (χ3v) is 2.25. The molecule has 68 valence electrons. The average Bonchev–Trinajstić information content (AvgIpc) is 2.14. The van der Waals surface area contributed by atoms with Gasteiger partial charge >= 0.3 is 0 Å². The number of rotatable bonds is 4. The third-order valence-electron chi connectivity index (χ3n) is 2.25. The molecule has 1 saturated heterocycles. The summed E-state index contributed by atoms with van der Waals surface area (Å²) in [6.45, 7) is 3.61. The Labute approximate surface area is 74.7 Å². The summed E-state index contributed by atoms with van der Waals surface area (Å²) in [5.74, 6) is 3.27. The average molecular weight is 167 g/mol. The van der Waals surface area contributed by atoms with Crippen molar-refractivity contribution in [2.45, 2.75) is 19.3 Å². The fourth-order valence-electron chi connectivity index (χ4n) is 1.55. The molecule has 0 aliphatic carbocycles. The second-order valence-electron chi connectivity index (χ2n) is 3.26. The molecule has 1 aliphatic heterocycles. The van der Waals surface area contributed by atoms with E-state index >= 15 is 0 Å². The van der Waals surface area contributed by atoms with E-state index < -0.39 is 0 Å². The first-order chi connectivity index (χ1) is 5.93. The Balaban J connectivity index is 1.95. The van der Waals surface area contributed by atoms with Gasteiger partial charge in [0.25, 0.3) is 0 Å². The van der Waals surface area contributed by atoms with Crippen LogP contribution in [0.3, 0.4) is 0 Å². The van der Waals surface area contributed by atoms with Crippen molar-refractivity contribution in [3.05, 3.63) is 0 Å². The van der Waals surface area contributed by atoms with E-state index in [1.807, 2.05) is 0 Å². The summed E-state index contributed by atoms with van der Waals surface area (Å²) in [5.41, 5.74) is 0. The molecule has 0 aromatic heterocycles. The van der Waals surface area contributed by atoms with Crippen LogP contribution in [0.1, 0.15) is 19.3 Å². The van der Waals surface area contributed by atoms with Gasteiger partial charge in [0, 0.05) is 6.61 Å². The minimum Gasteiger partial charge on any atom is -0.369 e. The van der Waals surface area contributed by atoms with Crippen LogP contribution in [0.15, 0.2) is 0 Å². The first-order valence-corrected chi connectivity index (χ1v) is 4.65. The molecule has 0 amide bonds. The fourth-order valence-corrected chi connectivity index (χ4v) is 1.55. The summed E-state index contributed by atoms with van der Waals surface area (Å²) in [6.07, 6.45) is 8.85. The monoisotopic (exact) mass is 167 g/mol. The molecule has 0 unspecified atom stereocenters. The predicted octanol–water partition coefficient (Wildman–Crippen LogP) is 1.03. The van der Waals surface area contributed by atoms with Gasteiger partial charge < -0.3 is 10.1 Å². The number of piperidine rings is 1. The van der Waals surface area contributed by atoms with Crippen molar-refractivity contribution in [1.29, 1.82) is 0 Å². The van der Waals surface area contributed by atoms with Crippen LogP contribution < -0.4 is 5.32 Å². The maximum atomic E-state index is 5.22. The largest absolute Gasteiger partial charge is 0.369 e. The second-order valence-corrected chi connectivity index (χ2v) is 3.26. The maximum Gasteiger partial charge on any atom is 0.107 e. The molecule has 1 heterocycles. The van der Waals surface area contributed by atoms with E-state index in [2.05, 4.69) is 11.2 Å². The zero-order valence-corrected chi connectivity index (χ0v) is 7.51. The molecule has 1 N–H and O–H groups in total. The van der Waals surface area contributed by atoms with Crippen LogP contribution in [0.2, 0.25) is 0 Å². The molecule has 0 bridgehead atoms. The van der Waals surface area contributed by atoms with Gasteiger partial charge in [-0.15, -0.1) is 6.42 Å². The first kappa shape index (κ1) is 9.57. The van der Waals surface area contributed by atoms with E-state index in [9.17, 15) is 0 Å². The molecule has 0 aromatic rings. The number of hydrogen-bond donors (Lipinski definition) is 1. The van der Waals surface area contributed by atoms with Crippen molar-refractivity contribution in [1.82, 2.24) is 5.32 Å². The van der Waals surface area contributed by atoms with Crippen LogP contribution in [0.4, 0.5) is 0 Å². The molecule has 1 rings (SSSR count). The zero-order chi connectivity index (χ0) is 8.65. The standard InChI is InChI=1S/C10H17NO/c1-2-7-12-8-5-10-4-3-6-11-9-10/h1,10-11H,3-9H2/t10-/m1/s1. The SMILES string of the molecule is C#CCOCC[C@H]1CCCNC1. The third kappa shape index (κ3) is 3.75. The highest BCUT2D eigenvalue weighted by Crippen LogP contribution is 2.13. The molecule has 0 aromatic carbocycles. The summed E-state index contributed by atoms with van der Waals surface area (Å²) in [4.78, 5) is 0. The minimum absolute atomic E-state index is 0.458. The highest BCUT2D eigenvalue weighted by molar-refractivity contribution is 4.82. The van der Waals surface area contributed by atoms with E-state index in [-0.39, 0.29) is 0 Å². The lowest BCUT2D eigenvalue weighted by Crippen LogP contribution is -2.30. The Hall–Kier alpha value is -0.520. The molecule has 2 nitrogen and oxygen atoms in total. The summed E-state index contributed by atoms with van der Waals surface area (Å²) >= 11 is 0. The van der Waals surface area contributed by atoms with Crippen molar-refractivity contribution in [2.24, 2.45) is 5.92 Å². The van der Waals surface area contributed by atoms with Crippen molar-refractivity contribution in [3.63, 3.8) is 0 Å². The quantitative estimate of drug-likeness (QED) is 0.498. The summed E-state index contributed by atoms with van der Waals surface area (Å²) in [7, 11) is 0. The van der Waals surface area contributed by atoms with Gasteiger partial charge in [-0.3, -0.25) is 0 Å². The number of hydrogen-bond acceptors (Lipinski definition) is 2. The smallest absolute Gasteiger partial charge is 0.107 e. The van der Waals surface area contributed by atoms with Crippen molar-refractivity contribution in [2.75, 3.05) is 26.3 Å². The van der Waals surface area contributed by atoms with Gasteiger partial charge in [0.2, 0.25) is 0 Å². The van der Waals surface area contributed by atoms with Crippen molar-refractivity contribution < 1.29 is 4.74 Å². The Morgan fingerprint density at radius 1 is 1.58 bits per heavy atom. The highest BCUT2D eigenvalue weighted by atomic mass is 16.5. The molecule has 1 fully saturated rings. The van der Waals surface area contributed by atoms with Crippen LogP contribution >= 0.6 is 0 Å². The maximum absolute atomic E-state index is 5.22. The highest BCUT2D eigenvalue weighted by Gasteiger charge is 2.11. The van der Waals surface area contributed by atoms with Crippen LogP contribution in [-0.4, -0.2) is 26.3 Å². The summed E-state index contributed by atoms with van der Waals surface area (Å²) < 4.78 is 5.22. The number of nitrogens with one attached hydrogen (secondary N) is 1. The lowest BCUT2D eigenvalue weighted by Gasteiger charge is -2.22. The van der Waals surface area contributed by atoms with Gasteiger partial charge in [-0.05, 0) is 38.3 Å². The molecule has 2 heteroatoms. The molecule has 0 saturated carbocycles. The summed E-state index contributed by atoms with van der Waals surface area (Å²) in [6, 6.07) is 0. The summed E-state index contributed by atoms with van der Waals surface area (Å²) in [5, 5.41) is 3.38. The predicted molar refractivity (Wildman–Crippen MR) is 49.9 cm³/mol. The number of terminal acetylenes is 1. The Bertz CT molecular complexity index is 144. The topological polar surface area (TPSA) is 21.3 Å². The van der Waals surface area contributed by atoms with Gasteiger partial charge in [0.15, 0.2) is 0 Å². The van der Waals surface area contributed by atoms with Crippen molar-refractivity contribution >= 4 is 0 Å². The Morgan fingerprint density at radius 2 is 2.50 bits per heavy atom. The Morgan fingerprint density at radius 3 is 3.17 bits per heavy atom. The molecule has 1 aliphatic rings. The minimum atomic E-state index is 0.458. The number of ether oxygens (including phenoxy) is 1. The fraction of sp³-hybridized carbons (Fsp3) is 0.800. The molecule has 12 heavy (non-hydrogen) atoms. The van der Waals surface area contributed by atoms with Crippen molar-refractivity contribution in [3.8, 4) is 12.3 Å².